The summed E-state index contributed by atoms with van der Waals surface area (Å²) in [6.45, 7) is -0.0593. The molecule has 0 unspecified atom stereocenters. The maximum Gasteiger partial charge on any atom is 0.263 e. The zero-order chi connectivity index (χ0) is 15.6. The molecule has 1 aromatic heterocycles. The maximum atomic E-state index is 11.9. The highest BCUT2D eigenvalue weighted by atomic mass is 16.3. The van der Waals surface area contributed by atoms with Gasteiger partial charge in [-0.25, -0.2) is 4.98 Å². The van der Waals surface area contributed by atoms with Crippen molar-refractivity contribution in [3.63, 3.8) is 0 Å². The number of nitrogens with zero attached hydrogens (tertiary/aromatic N) is 2. The minimum absolute atomic E-state index is 0.0593. The Hall–Kier alpha value is -2.30. The number of unbranched alkanes of at least 4 members (excludes halogenated alkanes) is 3. The number of oxazole rings is 1. The summed E-state index contributed by atoms with van der Waals surface area (Å²) in [6, 6.07) is 10.4. The molecule has 0 N–H and O–H groups in total. The zero-order valence-electron chi connectivity index (χ0n) is 12.5. The van der Waals surface area contributed by atoms with Crippen LogP contribution in [0.5, 0.6) is 0 Å². The number of hydrogen-bond acceptors (Lipinski definition) is 5. The largest absolute Gasteiger partial charge is 0.442 e. The fourth-order valence-electron chi connectivity index (χ4n) is 2.29. The molecule has 1 aromatic carbocycles. The molecule has 116 valence electrons. The predicted molar refractivity (Wildman–Crippen MR) is 83.6 cm³/mol. The van der Waals surface area contributed by atoms with E-state index in [9.17, 15) is 9.70 Å². The molecule has 0 aliphatic carbocycles. The lowest BCUT2D eigenvalue weighted by Gasteiger charge is -2.01. The first kappa shape index (κ1) is 16.1. The zero-order valence-corrected chi connectivity index (χ0v) is 12.5. The lowest BCUT2D eigenvalue weighted by atomic mass is 10.0. The molecule has 0 radical (unpaired) electrons. The van der Waals surface area contributed by atoms with Gasteiger partial charge in [0.15, 0.2) is 0 Å². The minimum atomic E-state index is -0.111. The molecule has 1 heterocycles. The maximum absolute atomic E-state index is 11.9. The van der Waals surface area contributed by atoms with Gasteiger partial charge in [-0.15, -0.1) is 0 Å². The summed E-state index contributed by atoms with van der Waals surface area (Å²) in [5.41, 5.74) is 1.76. The van der Waals surface area contributed by atoms with Gasteiger partial charge in [0.05, 0.1) is 0 Å². The summed E-state index contributed by atoms with van der Waals surface area (Å²) < 4.78 is 5.06. The Bertz CT molecular complexity index is 593. The van der Waals surface area contributed by atoms with Gasteiger partial charge in [-0.05, 0) is 24.8 Å². The number of hydrogen-bond donors (Lipinski definition) is 0. The number of ketones is 1. The monoisotopic (exact) mass is 300 g/mol. The molecule has 5 heteroatoms. The molecule has 0 saturated carbocycles. The SMILES string of the molecule is O=NCc1coc(C(=O)CCCCCCc2ccccc2)n1. The molecule has 0 saturated heterocycles. The first-order valence-corrected chi connectivity index (χ1v) is 7.60. The summed E-state index contributed by atoms with van der Waals surface area (Å²) in [5, 5.41) is 2.72. The number of carbonyl (C=O) groups excluding carboxylic acids is 1. The van der Waals surface area contributed by atoms with Gasteiger partial charge in [0.2, 0.25) is 5.78 Å². The molecular formula is C17H20N2O3. The molecule has 0 spiro atoms. The van der Waals surface area contributed by atoms with Crippen molar-refractivity contribution in [2.24, 2.45) is 5.18 Å². The number of nitroso groups, excluding NO2 is 1. The average molecular weight is 300 g/mol. The van der Waals surface area contributed by atoms with Crippen molar-refractivity contribution in [1.82, 2.24) is 4.98 Å². The van der Waals surface area contributed by atoms with E-state index in [2.05, 4.69) is 34.4 Å². The van der Waals surface area contributed by atoms with Gasteiger partial charge in [0.25, 0.3) is 5.89 Å². The van der Waals surface area contributed by atoms with Gasteiger partial charge in [-0.2, -0.15) is 4.91 Å². The Morgan fingerprint density at radius 1 is 1.09 bits per heavy atom. The number of Topliss-reactive ketones (excluding diaryl/α,β-unsaturated/α-hetero) is 1. The van der Waals surface area contributed by atoms with E-state index in [0.29, 0.717) is 12.1 Å². The van der Waals surface area contributed by atoms with Crippen molar-refractivity contribution < 1.29 is 9.21 Å². The van der Waals surface area contributed by atoms with E-state index in [-0.39, 0.29) is 18.2 Å². The molecule has 22 heavy (non-hydrogen) atoms. The van der Waals surface area contributed by atoms with E-state index in [1.54, 1.807) is 0 Å². The Morgan fingerprint density at radius 3 is 2.64 bits per heavy atom. The molecular weight excluding hydrogens is 280 g/mol. The molecule has 0 amide bonds. The molecule has 5 nitrogen and oxygen atoms in total. The topological polar surface area (TPSA) is 72.5 Å². The van der Waals surface area contributed by atoms with Gasteiger partial charge in [0, 0.05) is 6.42 Å². The molecule has 2 rings (SSSR count). The quantitative estimate of drug-likeness (QED) is 0.372. The molecule has 0 aliphatic heterocycles. The highest BCUT2D eigenvalue weighted by molar-refractivity contribution is 5.91. The fraction of sp³-hybridized carbons (Fsp3) is 0.412. The van der Waals surface area contributed by atoms with Gasteiger partial charge in [-0.3, -0.25) is 4.79 Å². The van der Waals surface area contributed by atoms with Crippen LogP contribution in [0.1, 0.15) is 54.0 Å². The lowest BCUT2D eigenvalue weighted by molar-refractivity contribution is 0.0945. The Labute approximate surface area is 129 Å². The third kappa shape index (κ3) is 5.24. The highest BCUT2D eigenvalue weighted by Crippen LogP contribution is 2.12. The van der Waals surface area contributed by atoms with Crippen molar-refractivity contribution in [3.8, 4) is 0 Å². The Balaban J connectivity index is 1.59. The predicted octanol–water partition coefficient (Wildman–Crippen LogP) is 4.32. The van der Waals surface area contributed by atoms with Crippen LogP contribution in [0.2, 0.25) is 0 Å². The van der Waals surface area contributed by atoms with E-state index in [1.807, 2.05) is 6.07 Å². The van der Waals surface area contributed by atoms with Crippen molar-refractivity contribution in [2.45, 2.75) is 45.1 Å². The Kier molecular flexibility index (Phi) is 6.48. The van der Waals surface area contributed by atoms with Crippen LogP contribution in [-0.4, -0.2) is 10.8 Å². The van der Waals surface area contributed by atoms with Crippen LogP contribution < -0.4 is 0 Å². The summed E-state index contributed by atoms with van der Waals surface area (Å²) in [6.07, 6.45) is 6.91. The molecule has 0 atom stereocenters. The smallest absolute Gasteiger partial charge is 0.263 e. The number of aromatic nitrogens is 1. The van der Waals surface area contributed by atoms with E-state index >= 15 is 0 Å². The molecule has 2 aromatic rings. The van der Waals surface area contributed by atoms with Gasteiger partial charge in [0.1, 0.15) is 18.5 Å². The summed E-state index contributed by atoms with van der Waals surface area (Å²) in [4.78, 5) is 25.9. The first-order chi connectivity index (χ1) is 10.8. The number of carbonyl (C=O) groups is 1. The first-order valence-electron chi connectivity index (χ1n) is 7.60. The van der Waals surface area contributed by atoms with Crippen LogP contribution in [0.25, 0.3) is 0 Å². The normalized spacial score (nSPS) is 10.5. The van der Waals surface area contributed by atoms with Crippen LogP contribution in [0.3, 0.4) is 0 Å². The lowest BCUT2D eigenvalue weighted by Crippen LogP contribution is -2.00. The van der Waals surface area contributed by atoms with E-state index in [0.717, 1.165) is 32.1 Å². The second kappa shape index (κ2) is 8.87. The number of aryl methyl sites for hydroxylation is 1. The van der Waals surface area contributed by atoms with Crippen LogP contribution in [0.15, 0.2) is 46.2 Å². The van der Waals surface area contributed by atoms with Gasteiger partial charge >= 0.3 is 0 Å². The van der Waals surface area contributed by atoms with Crippen molar-refractivity contribution in [3.05, 3.63) is 58.7 Å². The standard InChI is InChI=1S/C17H20N2O3/c20-16(17-19-15(12-18-21)13-22-17)11-7-2-1-4-8-14-9-5-3-6-10-14/h3,5-6,9-10,13H,1-2,4,7-8,11-12H2. The van der Waals surface area contributed by atoms with E-state index < -0.39 is 0 Å². The summed E-state index contributed by atoms with van der Waals surface area (Å²) in [5.74, 6) is -0.0249. The third-order valence-electron chi connectivity index (χ3n) is 3.48. The number of rotatable bonds is 10. The van der Waals surface area contributed by atoms with Crippen molar-refractivity contribution >= 4 is 5.78 Å². The van der Waals surface area contributed by atoms with Crippen LogP contribution >= 0.6 is 0 Å². The van der Waals surface area contributed by atoms with Crippen molar-refractivity contribution in [2.75, 3.05) is 0 Å². The second-order valence-corrected chi connectivity index (χ2v) is 5.25. The summed E-state index contributed by atoms with van der Waals surface area (Å²) >= 11 is 0. The Morgan fingerprint density at radius 2 is 1.86 bits per heavy atom. The van der Waals surface area contributed by atoms with Gasteiger partial charge < -0.3 is 4.42 Å². The fourth-order valence-corrected chi connectivity index (χ4v) is 2.29. The second-order valence-electron chi connectivity index (χ2n) is 5.25. The minimum Gasteiger partial charge on any atom is -0.442 e. The van der Waals surface area contributed by atoms with Gasteiger partial charge in [-0.1, -0.05) is 48.4 Å². The number of benzene rings is 1. The molecule has 0 aliphatic rings. The highest BCUT2D eigenvalue weighted by Gasteiger charge is 2.12. The molecule has 0 bridgehead atoms. The van der Waals surface area contributed by atoms with Crippen LogP contribution in [0.4, 0.5) is 0 Å². The summed E-state index contributed by atoms with van der Waals surface area (Å²) in [7, 11) is 0. The van der Waals surface area contributed by atoms with E-state index in [4.69, 9.17) is 4.42 Å². The van der Waals surface area contributed by atoms with Crippen molar-refractivity contribution in [1.29, 1.82) is 0 Å². The van der Waals surface area contributed by atoms with Crippen LogP contribution in [0, 0.1) is 4.91 Å². The van der Waals surface area contributed by atoms with E-state index in [1.165, 1.54) is 11.8 Å². The third-order valence-corrected chi connectivity index (χ3v) is 3.48. The van der Waals surface area contributed by atoms with Crippen LogP contribution in [-0.2, 0) is 13.0 Å². The molecule has 0 fully saturated rings. The average Bonchev–Trinajstić information content (AvgIpc) is 3.01.